The third-order valence-corrected chi connectivity index (χ3v) is 4.98. The zero-order valence-electron chi connectivity index (χ0n) is 12.2. The molecule has 0 bridgehead atoms. The average molecular weight is 316 g/mol. The van der Waals surface area contributed by atoms with Gasteiger partial charge < -0.3 is 4.98 Å². The Morgan fingerprint density at radius 2 is 2.41 bits per heavy atom. The van der Waals surface area contributed by atoms with Crippen molar-refractivity contribution in [3.05, 3.63) is 39.0 Å². The van der Waals surface area contributed by atoms with Gasteiger partial charge in [-0.2, -0.15) is 5.10 Å². The van der Waals surface area contributed by atoms with Crippen molar-refractivity contribution >= 4 is 22.4 Å². The highest BCUT2D eigenvalue weighted by atomic mass is 32.1. The van der Waals surface area contributed by atoms with Crippen LogP contribution in [0.25, 0.3) is 11.0 Å². The molecule has 0 amide bonds. The van der Waals surface area contributed by atoms with E-state index in [2.05, 4.69) is 25.0 Å². The highest BCUT2D eigenvalue weighted by Crippen LogP contribution is 2.33. The quantitative estimate of drug-likeness (QED) is 0.791. The normalized spacial score (nSPS) is 19.2. The van der Waals surface area contributed by atoms with E-state index in [-0.39, 0.29) is 5.56 Å². The third kappa shape index (κ3) is 2.24. The first-order valence-corrected chi connectivity index (χ1v) is 8.14. The molecule has 0 aromatic carbocycles. The topological polar surface area (TPSA) is 79.7 Å². The molecule has 0 saturated carbocycles. The number of H-pyrrole nitrogens is 1. The number of aromatic nitrogens is 5. The van der Waals surface area contributed by atoms with Crippen molar-refractivity contribution in [1.82, 2.24) is 29.6 Å². The standard InChI is InChI=1S/C14H16N6OS/c1-19-12-9(7-16-19)13(21)18-11(17-12)8-20-5-2-3-10(20)14-15-4-6-22-14/h4,6-7,10H,2-3,5,8H2,1H3,(H,17,18,21)/t10-/m1/s1. The fourth-order valence-corrected chi connectivity index (χ4v) is 3.85. The van der Waals surface area contributed by atoms with E-state index in [1.54, 1.807) is 29.3 Å². The van der Waals surface area contributed by atoms with Crippen LogP contribution < -0.4 is 5.56 Å². The zero-order chi connectivity index (χ0) is 15.1. The van der Waals surface area contributed by atoms with Crippen LogP contribution in [0.4, 0.5) is 0 Å². The van der Waals surface area contributed by atoms with Gasteiger partial charge in [0.1, 0.15) is 16.2 Å². The molecule has 8 heteroatoms. The molecule has 7 nitrogen and oxygen atoms in total. The number of rotatable bonds is 3. The Balaban J connectivity index is 1.65. The molecule has 1 fully saturated rings. The molecular weight excluding hydrogens is 300 g/mol. The van der Waals surface area contributed by atoms with Crippen molar-refractivity contribution in [3.8, 4) is 0 Å². The molecule has 4 heterocycles. The molecule has 1 aliphatic heterocycles. The number of nitrogens with one attached hydrogen (secondary N) is 1. The van der Waals surface area contributed by atoms with E-state index in [9.17, 15) is 4.79 Å². The fraction of sp³-hybridized carbons (Fsp3) is 0.429. The second-order valence-electron chi connectivity index (χ2n) is 5.52. The lowest BCUT2D eigenvalue weighted by molar-refractivity contribution is 0.242. The summed E-state index contributed by atoms with van der Waals surface area (Å²) in [5.41, 5.74) is 0.502. The molecule has 0 radical (unpaired) electrons. The number of aryl methyl sites for hydroxylation is 1. The van der Waals surface area contributed by atoms with Gasteiger partial charge in [0.05, 0.1) is 18.8 Å². The number of thiazole rings is 1. The van der Waals surface area contributed by atoms with Crippen molar-refractivity contribution in [1.29, 1.82) is 0 Å². The van der Waals surface area contributed by atoms with E-state index in [1.807, 2.05) is 11.6 Å². The van der Waals surface area contributed by atoms with E-state index in [0.29, 0.717) is 29.4 Å². The summed E-state index contributed by atoms with van der Waals surface area (Å²) in [6.45, 7) is 1.62. The maximum Gasteiger partial charge on any atom is 0.262 e. The summed E-state index contributed by atoms with van der Waals surface area (Å²) >= 11 is 1.68. The van der Waals surface area contributed by atoms with Crippen LogP contribution in [-0.2, 0) is 13.6 Å². The average Bonchev–Trinajstić information content (AvgIpc) is 3.20. The maximum absolute atomic E-state index is 12.1. The Bertz CT molecular complexity index is 852. The monoisotopic (exact) mass is 316 g/mol. The van der Waals surface area contributed by atoms with Crippen molar-refractivity contribution in [2.24, 2.45) is 7.05 Å². The molecule has 4 rings (SSSR count). The highest BCUT2D eigenvalue weighted by molar-refractivity contribution is 7.09. The van der Waals surface area contributed by atoms with Gasteiger partial charge in [0.25, 0.3) is 5.56 Å². The first kappa shape index (κ1) is 13.6. The molecule has 1 aliphatic rings. The predicted octanol–water partition coefficient (Wildman–Crippen LogP) is 1.45. The molecule has 22 heavy (non-hydrogen) atoms. The van der Waals surface area contributed by atoms with Crippen LogP contribution in [0, 0.1) is 0 Å². The lowest BCUT2D eigenvalue weighted by atomic mass is 10.2. The van der Waals surface area contributed by atoms with Crippen molar-refractivity contribution in [2.75, 3.05) is 6.54 Å². The Labute approximate surface area is 130 Å². The van der Waals surface area contributed by atoms with E-state index in [4.69, 9.17) is 0 Å². The van der Waals surface area contributed by atoms with Crippen LogP contribution in [0.15, 0.2) is 22.6 Å². The Kier molecular flexibility index (Phi) is 3.27. The summed E-state index contributed by atoms with van der Waals surface area (Å²) in [6, 6.07) is 0.326. The Hall–Kier alpha value is -2.06. The number of fused-ring (bicyclic) bond motifs is 1. The summed E-state index contributed by atoms with van der Waals surface area (Å²) in [7, 11) is 1.80. The molecule has 114 valence electrons. The second kappa shape index (κ2) is 5.29. The van der Waals surface area contributed by atoms with E-state index in [0.717, 1.165) is 24.4 Å². The van der Waals surface area contributed by atoms with Crippen LogP contribution in [0.5, 0.6) is 0 Å². The van der Waals surface area contributed by atoms with Gasteiger partial charge in [0.2, 0.25) is 0 Å². The fourth-order valence-electron chi connectivity index (χ4n) is 3.04. The summed E-state index contributed by atoms with van der Waals surface area (Å²) in [5, 5.41) is 7.78. The van der Waals surface area contributed by atoms with Crippen molar-refractivity contribution < 1.29 is 0 Å². The molecular formula is C14H16N6OS. The van der Waals surface area contributed by atoms with Gasteiger partial charge in [0, 0.05) is 18.6 Å². The maximum atomic E-state index is 12.1. The van der Waals surface area contributed by atoms with Gasteiger partial charge in [-0.3, -0.25) is 14.4 Å². The zero-order valence-corrected chi connectivity index (χ0v) is 13.0. The number of hydrogen-bond acceptors (Lipinski definition) is 6. The molecule has 1 N–H and O–H groups in total. The largest absolute Gasteiger partial charge is 0.309 e. The van der Waals surface area contributed by atoms with Gasteiger partial charge in [0.15, 0.2) is 5.65 Å². The molecule has 3 aromatic rings. The number of likely N-dealkylation sites (tertiary alicyclic amines) is 1. The summed E-state index contributed by atoms with van der Waals surface area (Å²) in [5.74, 6) is 0.685. The smallest absolute Gasteiger partial charge is 0.262 e. The lowest BCUT2D eigenvalue weighted by Gasteiger charge is -2.21. The number of aromatic amines is 1. The van der Waals surface area contributed by atoms with Crippen LogP contribution in [0.3, 0.4) is 0 Å². The minimum Gasteiger partial charge on any atom is -0.309 e. The van der Waals surface area contributed by atoms with Gasteiger partial charge in [-0.25, -0.2) is 9.97 Å². The summed E-state index contributed by atoms with van der Waals surface area (Å²) in [4.78, 5) is 26.3. The van der Waals surface area contributed by atoms with Crippen LogP contribution in [0.1, 0.15) is 29.7 Å². The molecule has 0 unspecified atom stereocenters. The lowest BCUT2D eigenvalue weighted by Crippen LogP contribution is -2.25. The summed E-state index contributed by atoms with van der Waals surface area (Å²) in [6.07, 6.45) is 5.64. The third-order valence-electron chi connectivity index (χ3n) is 4.10. The molecule has 1 saturated heterocycles. The highest BCUT2D eigenvalue weighted by Gasteiger charge is 2.28. The first-order chi connectivity index (χ1) is 10.7. The van der Waals surface area contributed by atoms with Crippen LogP contribution >= 0.6 is 11.3 Å². The SMILES string of the molecule is Cn1ncc2c(=O)[nH]c(CN3CCC[C@@H]3c3nccs3)nc21. The van der Waals surface area contributed by atoms with Crippen molar-refractivity contribution in [3.63, 3.8) is 0 Å². The van der Waals surface area contributed by atoms with Crippen molar-refractivity contribution in [2.45, 2.75) is 25.4 Å². The number of nitrogens with zero attached hydrogens (tertiary/aromatic N) is 5. The van der Waals surface area contributed by atoms with Gasteiger partial charge in [-0.05, 0) is 19.4 Å². The molecule has 1 atom stereocenters. The Morgan fingerprint density at radius 1 is 1.50 bits per heavy atom. The van der Waals surface area contributed by atoms with E-state index < -0.39 is 0 Å². The minimum absolute atomic E-state index is 0.127. The minimum atomic E-state index is -0.127. The van der Waals surface area contributed by atoms with E-state index in [1.165, 1.54) is 0 Å². The van der Waals surface area contributed by atoms with Crippen LogP contribution in [-0.4, -0.2) is 36.2 Å². The van der Waals surface area contributed by atoms with E-state index >= 15 is 0 Å². The second-order valence-corrected chi connectivity index (χ2v) is 6.44. The van der Waals surface area contributed by atoms with Gasteiger partial charge in [-0.1, -0.05) is 0 Å². The molecule has 0 aliphatic carbocycles. The first-order valence-electron chi connectivity index (χ1n) is 7.27. The number of hydrogen-bond donors (Lipinski definition) is 1. The Morgan fingerprint density at radius 3 is 3.23 bits per heavy atom. The predicted molar refractivity (Wildman–Crippen MR) is 83.6 cm³/mol. The van der Waals surface area contributed by atoms with Gasteiger partial charge >= 0.3 is 0 Å². The molecule has 0 spiro atoms. The van der Waals surface area contributed by atoms with Crippen LogP contribution in [0.2, 0.25) is 0 Å². The van der Waals surface area contributed by atoms with Gasteiger partial charge in [-0.15, -0.1) is 11.3 Å². The summed E-state index contributed by atoms with van der Waals surface area (Å²) < 4.78 is 1.64. The molecule has 3 aromatic heterocycles.